The van der Waals surface area contributed by atoms with Gasteiger partial charge in [0, 0.05) is 31.1 Å². The van der Waals surface area contributed by atoms with Crippen LogP contribution >= 0.6 is 11.8 Å². The van der Waals surface area contributed by atoms with Gasteiger partial charge in [0.25, 0.3) is 0 Å². The van der Waals surface area contributed by atoms with E-state index in [1.165, 1.54) is 4.90 Å². The fourth-order valence-electron chi connectivity index (χ4n) is 1.20. The Morgan fingerprint density at radius 1 is 1.31 bits per heavy atom. The molecule has 0 spiro atoms. The Labute approximate surface area is 101 Å². The monoisotopic (exact) mass is 238 g/mol. The van der Waals surface area contributed by atoms with Gasteiger partial charge in [0.05, 0.1) is 0 Å². The summed E-state index contributed by atoms with van der Waals surface area (Å²) in [5.41, 5.74) is 6.38. The predicted octanol–water partition coefficient (Wildman–Crippen LogP) is 2.23. The van der Waals surface area contributed by atoms with Gasteiger partial charge in [-0.15, -0.1) is 11.8 Å². The molecule has 1 rings (SSSR count). The Kier molecular flexibility index (Phi) is 5.19. The van der Waals surface area contributed by atoms with Crippen molar-refractivity contribution in [1.29, 1.82) is 0 Å². The zero-order chi connectivity index (χ0) is 12.0. The van der Waals surface area contributed by atoms with Gasteiger partial charge in [-0.25, -0.2) is 0 Å². The molecule has 0 bridgehead atoms. The van der Waals surface area contributed by atoms with Crippen LogP contribution in [-0.4, -0.2) is 30.7 Å². The van der Waals surface area contributed by atoms with Crippen molar-refractivity contribution in [2.24, 2.45) is 0 Å². The van der Waals surface area contributed by atoms with E-state index in [4.69, 9.17) is 5.73 Å². The molecule has 0 saturated carbocycles. The van der Waals surface area contributed by atoms with E-state index in [0.717, 1.165) is 17.9 Å². The Balaban J connectivity index is 2.21. The van der Waals surface area contributed by atoms with Gasteiger partial charge >= 0.3 is 0 Å². The third-order valence-electron chi connectivity index (χ3n) is 2.18. The molecule has 88 valence electrons. The maximum atomic E-state index is 11.3. The number of nitrogens with two attached hydrogens (primary N) is 1. The van der Waals surface area contributed by atoms with Crippen molar-refractivity contribution in [2.75, 3.05) is 25.6 Å². The Morgan fingerprint density at radius 3 is 2.50 bits per heavy atom. The molecule has 0 aromatic heterocycles. The molecular weight excluding hydrogens is 220 g/mol. The van der Waals surface area contributed by atoms with E-state index in [9.17, 15) is 4.79 Å². The minimum atomic E-state index is 0.193. The Bertz CT molecular complexity index is 335. The lowest BCUT2D eigenvalue weighted by Crippen LogP contribution is -2.21. The maximum absolute atomic E-state index is 11.3. The molecule has 16 heavy (non-hydrogen) atoms. The van der Waals surface area contributed by atoms with Crippen molar-refractivity contribution in [3.63, 3.8) is 0 Å². The van der Waals surface area contributed by atoms with Gasteiger partial charge in [0.1, 0.15) is 0 Å². The van der Waals surface area contributed by atoms with Crippen LogP contribution < -0.4 is 5.73 Å². The summed E-state index contributed by atoms with van der Waals surface area (Å²) in [6, 6.07) is 7.81. The van der Waals surface area contributed by atoms with Crippen LogP contribution in [0.5, 0.6) is 0 Å². The molecule has 0 aliphatic rings. The zero-order valence-electron chi connectivity index (χ0n) is 9.77. The first kappa shape index (κ1) is 12.9. The topological polar surface area (TPSA) is 46.3 Å². The maximum Gasteiger partial charge on any atom is 0.222 e. The number of rotatable bonds is 5. The standard InChI is InChI=1S/C12H18N2OS/c1-14(2)12(15)4-3-9-16-11-7-5-10(13)6-8-11/h5-8H,3-4,9,13H2,1-2H3. The average Bonchev–Trinajstić information content (AvgIpc) is 2.26. The number of thioether (sulfide) groups is 1. The van der Waals surface area contributed by atoms with E-state index in [-0.39, 0.29) is 5.91 Å². The highest BCUT2D eigenvalue weighted by Crippen LogP contribution is 2.20. The second-order valence-electron chi connectivity index (χ2n) is 3.81. The quantitative estimate of drug-likeness (QED) is 0.486. The summed E-state index contributed by atoms with van der Waals surface area (Å²) in [6.45, 7) is 0. The number of carbonyl (C=O) groups is 1. The normalized spacial score (nSPS) is 10.1. The number of carbonyl (C=O) groups excluding carboxylic acids is 1. The lowest BCUT2D eigenvalue weighted by atomic mass is 10.3. The number of amides is 1. The third kappa shape index (κ3) is 4.57. The Morgan fingerprint density at radius 2 is 1.94 bits per heavy atom. The highest BCUT2D eigenvalue weighted by Gasteiger charge is 2.03. The van der Waals surface area contributed by atoms with E-state index in [2.05, 4.69) is 0 Å². The van der Waals surface area contributed by atoms with E-state index in [1.54, 1.807) is 30.8 Å². The zero-order valence-corrected chi connectivity index (χ0v) is 10.6. The van der Waals surface area contributed by atoms with Crippen LogP contribution in [0.25, 0.3) is 0 Å². The van der Waals surface area contributed by atoms with Crippen molar-refractivity contribution < 1.29 is 4.79 Å². The van der Waals surface area contributed by atoms with Gasteiger partial charge in [0.2, 0.25) is 5.91 Å². The SMILES string of the molecule is CN(C)C(=O)CCCSc1ccc(N)cc1. The van der Waals surface area contributed by atoms with Crippen LogP contribution in [0.15, 0.2) is 29.2 Å². The molecule has 0 aliphatic carbocycles. The van der Waals surface area contributed by atoms with Crippen LogP contribution in [0.4, 0.5) is 5.69 Å². The summed E-state index contributed by atoms with van der Waals surface area (Å²) in [6.07, 6.45) is 1.53. The molecule has 2 N–H and O–H groups in total. The lowest BCUT2D eigenvalue weighted by Gasteiger charge is -2.09. The van der Waals surface area contributed by atoms with Crippen LogP contribution in [0.2, 0.25) is 0 Å². The largest absolute Gasteiger partial charge is 0.399 e. The summed E-state index contributed by atoms with van der Waals surface area (Å²) in [5, 5.41) is 0. The average molecular weight is 238 g/mol. The minimum Gasteiger partial charge on any atom is -0.399 e. The second-order valence-corrected chi connectivity index (χ2v) is 4.98. The second kappa shape index (κ2) is 6.43. The van der Waals surface area contributed by atoms with Crippen LogP contribution in [0.3, 0.4) is 0 Å². The highest BCUT2D eigenvalue weighted by molar-refractivity contribution is 7.99. The van der Waals surface area contributed by atoms with Crippen LogP contribution in [-0.2, 0) is 4.79 Å². The number of benzene rings is 1. The molecular formula is C12H18N2OS. The van der Waals surface area contributed by atoms with Crippen molar-refractivity contribution in [3.8, 4) is 0 Å². The number of nitrogen functional groups attached to an aromatic ring is 1. The molecule has 4 heteroatoms. The number of anilines is 1. The summed E-state index contributed by atoms with van der Waals surface area (Å²) in [5.74, 6) is 1.15. The molecule has 0 heterocycles. The predicted molar refractivity (Wildman–Crippen MR) is 69.5 cm³/mol. The fourth-order valence-corrected chi connectivity index (χ4v) is 2.05. The first-order valence-corrected chi connectivity index (χ1v) is 6.26. The molecule has 3 nitrogen and oxygen atoms in total. The van der Waals surface area contributed by atoms with E-state index in [0.29, 0.717) is 6.42 Å². The summed E-state index contributed by atoms with van der Waals surface area (Å²) in [4.78, 5) is 14.1. The molecule has 0 unspecified atom stereocenters. The van der Waals surface area contributed by atoms with E-state index >= 15 is 0 Å². The molecule has 0 atom stereocenters. The molecule has 1 aromatic rings. The molecule has 1 aromatic carbocycles. The van der Waals surface area contributed by atoms with Crippen LogP contribution in [0.1, 0.15) is 12.8 Å². The van der Waals surface area contributed by atoms with Gasteiger partial charge in [-0.1, -0.05) is 0 Å². The van der Waals surface area contributed by atoms with Gasteiger partial charge in [0.15, 0.2) is 0 Å². The van der Waals surface area contributed by atoms with Crippen molar-refractivity contribution in [2.45, 2.75) is 17.7 Å². The van der Waals surface area contributed by atoms with Crippen LogP contribution in [0, 0.1) is 0 Å². The Hall–Kier alpha value is -1.16. The van der Waals surface area contributed by atoms with Gasteiger partial charge in [-0.05, 0) is 36.4 Å². The van der Waals surface area contributed by atoms with Crippen molar-refractivity contribution >= 4 is 23.4 Å². The highest BCUT2D eigenvalue weighted by atomic mass is 32.2. The number of nitrogens with zero attached hydrogens (tertiary/aromatic N) is 1. The number of hydrogen-bond donors (Lipinski definition) is 1. The van der Waals surface area contributed by atoms with Gasteiger partial charge < -0.3 is 10.6 Å². The molecule has 0 saturated heterocycles. The smallest absolute Gasteiger partial charge is 0.222 e. The summed E-state index contributed by atoms with van der Waals surface area (Å²) in [7, 11) is 3.57. The number of hydrogen-bond acceptors (Lipinski definition) is 3. The molecule has 1 amide bonds. The first-order valence-electron chi connectivity index (χ1n) is 5.28. The molecule has 0 aliphatic heterocycles. The molecule has 0 radical (unpaired) electrons. The fraction of sp³-hybridized carbons (Fsp3) is 0.417. The summed E-state index contributed by atoms with van der Waals surface area (Å²) < 4.78 is 0. The van der Waals surface area contributed by atoms with Crippen molar-refractivity contribution in [1.82, 2.24) is 4.90 Å². The lowest BCUT2D eigenvalue weighted by molar-refractivity contribution is -0.128. The minimum absolute atomic E-state index is 0.193. The summed E-state index contributed by atoms with van der Waals surface area (Å²) >= 11 is 1.76. The van der Waals surface area contributed by atoms with Crippen molar-refractivity contribution in [3.05, 3.63) is 24.3 Å². The van der Waals surface area contributed by atoms with E-state index in [1.807, 2.05) is 24.3 Å². The third-order valence-corrected chi connectivity index (χ3v) is 3.28. The van der Waals surface area contributed by atoms with Gasteiger partial charge in [-0.2, -0.15) is 0 Å². The van der Waals surface area contributed by atoms with Gasteiger partial charge in [-0.3, -0.25) is 4.79 Å². The molecule has 0 fully saturated rings. The first-order chi connectivity index (χ1) is 7.59. The van der Waals surface area contributed by atoms with E-state index < -0.39 is 0 Å².